The average molecular weight is 413 g/mol. The monoisotopic (exact) mass is 413 g/mol. The normalized spacial score (nSPS) is 29.9. The van der Waals surface area contributed by atoms with Crippen LogP contribution in [0.1, 0.15) is 42.6 Å². The summed E-state index contributed by atoms with van der Waals surface area (Å²) in [6.07, 6.45) is 3.77. The van der Waals surface area contributed by atoms with E-state index in [0.717, 1.165) is 13.1 Å². The summed E-state index contributed by atoms with van der Waals surface area (Å²) in [5.74, 6) is -0.684. The molecule has 1 saturated carbocycles. The lowest BCUT2D eigenvalue weighted by Crippen LogP contribution is -2.55. The number of piperazine rings is 1. The number of aromatic carboxylic acids is 1. The van der Waals surface area contributed by atoms with E-state index < -0.39 is 17.3 Å². The van der Waals surface area contributed by atoms with Gasteiger partial charge in [-0.3, -0.25) is 14.3 Å². The maximum Gasteiger partial charge on any atom is 0.341 e. The van der Waals surface area contributed by atoms with Gasteiger partial charge in [-0.25, -0.2) is 9.18 Å². The average Bonchev–Trinajstić information content (AvgIpc) is 3.33. The Morgan fingerprint density at radius 3 is 2.90 bits per heavy atom. The summed E-state index contributed by atoms with van der Waals surface area (Å²) < 4.78 is 22.9. The highest BCUT2D eigenvalue weighted by Crippen LogP contribution is 2.47. The number of anilines is 1. The van der Waals surface area contributed by atoms with Gasteiger partial charge in [-0.2, -0.15) is 0 Å². The number of carbonyl (C=O) groups is 1. The van der Waals surface area contributed by atoms with Crippen molar-refractivity contribution in [3.8, 4) is 5.75 Å². The van der Waals surface area contributed by atoms with Gasteiger partial charge in [0, 0.05) is 37.1 Å². The zero-order valence-electron chi connectivity index (χ0n) is 16.8. The minimum Gasteiger partial charge on any atom is -0.487 e. The van der Waals surface area contributed by atoms with Crippen molar-refractivity contribution >= 4 is 22.6 Å². The van der Waals surface area contributed by atoms with Crippen LogP contribution in [0, 0.1) is 11.7 Å². The number of nitrogens with zero attached hydrogens (tertiary/aromatic N) is 3. The minimum absolute atomic E-state index is 0.204. The number of ether oxygens (including phenoxy) is 1. The highest BCUT2D eigenvalue weighted by molar-refractivity contribution is 5.97. The second-order valence-corrected chi connectivity index (χ2v) is 9.15. The number of carboxylic acids is 1. The minimum atomic E-state index is -1.30. The molecule has 4 heterocycles. The number of rotatable bonds is 2. The highest BCUT2D eigenvalue weighted by Gasteiger charge is 2.48. The molecule has 0 radical (unpaired) electrons. The molecule has 7 nitrogen and oxygen atoms in total. The van der Waals surface area contributed by atoms with E-state index in [1.807, 2.05) is 6.92 Å². The lowest BCUT2D eigenvalue weighted by molar-refractivity contribution is 0.0694. The first-order valence-electron chi connectivity index (χ1n) is 10.7. The Kier molecular flexibility index (Phi) is 3.76. The maximum absolute atomic E-state index is 15.4. The molecule has 6 rings (SSSR count). The van der Waals surface area contributed by atoms with Crippen LogP contribution < -0.4 is 15.2 Å². The van der Waals surface area contributed by atoms with E-state index in [4.69, 9.17) is 4.74 Å². The van der Waals surface area contributed by atoms with E-state index in [1.165, 1.54) is 36.0 Å². The first-order chi connectivity index (χ1) is 14.4. The molecule has 0 spiro atoms. The van der Waals surface area contributed by atoms with E-state index >= 15 is 4.39 Å². The van der Waals surface area contributed by atoms with E-state index in [1.54, 1.807) is 0 Å². The van der Waals surface area contributed by atoms with Crippen molar-refractivity contribution in [2.45, 2.75) is 44.3 Å². The molecule has 2 aromatic rings. The summed E-state index contributed by atoms with van der Waals surface area (Å²) in [7, 11) is 0. The van der Waals surface area contributed by atoms with Crippen LogP contribution in [0.15, 0.2) is 16.9 Å². The molecule has 4 atom stereocenters. The molecular formula is C22H24FN3O4. The molecule has 30 heavy (non-hydrogen) atoms. The predicted octanol–water partition coefficient (Wildman–Crippen LogP) is 2.47. The van der Waals surface area contributed by atoms with Crippen molar-refractivity contribution in [2.24, 2.45) is 5.92 Å². The van der Waals surface area contributed by atoms with Crippen LogP contribution in [-0.2, 0) is 0 Å². The molecule has 1 aromatic heterocycles. The Bertz CT molecular complexity index is 1150. The van der Waals surface area contributed by atoms with E-state index in [-0.39, 0.29) is 18.2 Å². The molecular weight excluding hydrogens is 389 g/mol. The zero-order chi connectivity index (χ0) is 20.7. The quantitative estimate of drug-likeness (QED) is 0.815. The third-order valence-corrected chi connectivity index (χ3v) is 7.58. The smallest absolute Gasteiger partial charge is 0.341 e. The molecule has 4 aliphatic rings. The summed E-state index contributed by atoms with van der Waals surface area (Å²) in [4.78, 5) is 29.1. The first kappa shape index (κ1) is 18.2. The molecule has 2 saturated heterocycles. The van der Waals surface area contributed by atoms with Crippen molar-refractivity contribution in [1.82, 2.24) is 9.47 Å². The van der Waals surface area contributed by atoms with Gasteiger partial charge < -0.3 is 14.7 Å². The molecule has 3 unspecified atom stereocenters. The summed E-state index contributed by atoms with van der Waals surface area (Å²) in [6, 6.07) is 3.41. The Labute approximate surface area is 172 Å². The highest BCUT2D eigenvalue weighted by atomic mass is 19.1. The van der Waals surface area contributed by atoms with Gasteiger partial charge >= 0.3 is 5.97 Å². The van der Waals surface area contributed by atoms with Crippen LogP contribution >= 0.6 is 0 Å². The largest absolute Gasteiger partial charge is 0.487 e. The molecule has 1 N–H and O–H groups in total. The Morgan fingerprint density at radius 1 is 1.27 bits per heavy atom. The fourth-order valence-electron chi connectivity index (χ4n) is 6.26. The van der Waals surface area contributed by atoms with Crippen LogP contribution in [0.5, 0.6) is 5.75 Å². The standard InChI is InChI=1S/C22H24FN3O4/c1-11-10-30-20-18-13(7-15(22(28)29)21(27)26(11)18)8-16(23)19(20)24-4-5-25-14-3-2-12(6-14)17(25)9-24/h7-8,11-12,14,17H,2-6,9-10H2,1H3,(H,28,29)/t11-,12?,14?,17?/m0/s1. The van der Waals surface area contributed by atoms with E-state index in [0.29, 0.717) is 46.9 Å². The lowest BCUT2D eigenvalue weighted by atomic mass is 9.96. The molecule has 3 fully saturated rings. The number of fused-ring (bicyclic) bond motifs is 5. The van der Waals surface area contributed by atoms with Crippen molar-refractivity contribution in [3.05, 3.63) is 33.9 Å². The molecule has 2 bridgehead atoms. The second kappa shape index (κ2) is 6.20. The van der Waals surface area contributed by atoms with Crippen molar-refractivity contribution in [2.75, 3.05) is 31.1 Å². The van der Waals surface area contributed by atoms with Gasteiger partial charge in [0.15, 0.2) is 11.6 Å². The maximum atomic E-state index is 15.4. The third kappa shape index (κ3) is 2.34. The topological polar surface area (TPSA) is 75.0 Å². The predicted molar refractivity (Wildman–Crippen MR) is 109 cm³/mol. The van der Waals surface area contributed by atoms with Gasteiger partial charge in [-0.05, 0) is 44.2 Å². The number of pyridine rings is 1. The van der Waals surface area contributed by atoms with Crippen molar-refractivity contribution in [1.29, 1.82) is 0 Å². The number of aromatic nitrogens is 1. The molecule has 1 aromatic carbocycles. The van der Waals surface area contributed by atoms with Gasteiger partial charge in [0.05, 0.1) is 11.6 Å². The number of benzene rings is 1. The van der Waals surface area contributed by atoms with Crippen LogP contribution in [0.2, 0.25) is 0 Å². The van der Waals surface area contributed by atoms with Crippen molar-refractivity contribution < 1.29 is 19.0 Å². The van der Waals surface area contributed by atoms with Crippen LogP contribution in [0.4, 0.5) is 10.1 Å². The molecule has 0 amide bonds. The summed E-state index contributed by atoms with van der Waals surface area (Å²) in [5.41, 5.74) is -0.00366. The van der Waals surface area contributed by atoms with Crippen molar-refractivity contribution in [3.63, 3.8) is 0 Å². The van der Waals surface area contributed by atoms with Crippen LogP contribution in [-0.4, -0.2) is 58.9 Å². The lowest BCUT2D eigenvalue weighted by Gasteiger charge is -2.45. The Hall–Kier alpha value is -2.61. The number of piperidine rings is 1. The van der Waals surface area contributed by atoms with Gasteiger partial charge in [0.25, 0.3) is 5.56 Å². The first-order valence-corrected chi connectivity index (χ1v) is 10.7. The number of hydrogen-bond donors (Lipinski definition) is 1. The van der Waals surface area contributed by atoms with Crippen LogP contribution in [0.3, 0.4) is 0 Å². The number of carboxylic acid groups (broad SMARTS) is 1. The Morgan fingerprint density at radius 2 is 2.10 bits per heavy atom. The molecule has 3 aliphatic heterocycles. The van der Waals surface area contributed by atoms with E-state index in [9.17, 15) is 14.7 Å². The van der Waals surface area contributed by atoms with Gasteiger partial charge in [-0.15, -0.1) is 0 Å². The molecule has 158 valence electrons. The summed E-state index contributed by atoms with van der Waals surface area (Å²) in [6.45, 7) is 4.39. The van der Waals surface area contributed by atoms with E-state index in [2.05, 4.69) is 9.80 Å². The fourth-order valence-corrected chi connectivity index (χ4v) is 6.26. The van der Waals surface area contributed by atoms with Crippen LogP contribution in [0.25, 0.3) is 10.9 Å². The number of hydrogen-bond acceptors (Lipinski definition) is 5. The summed E-state index contributed by atoms with van der Waals surface area (Å²) in [5, 5.41) is 9.82. The molecule has 1 aliphatic carbocycles. The summed E-state index contributed by atoms with van der Waals surface area (Å²) >= 11 is 0. The molecule has 8 heteroatoms. The van der Waals surface area contributed by atoms with Gasteiger partial charge in [-0.1, -0.05) is 0 Å². The SMILES string of the molecule is C[C@H]1COc2c(N3CCN4C5CCC(C5)C4C3)c(F)cc3cc(C(=O)O)c(=O)n1c23. The fraction of sp³-hybridized carbons (Fsp3) is 0.545. The second-order valence-electron chi connectivity index (χ2n) is 9.15. The zero-order valence-corrected chi connectivity index (χ0v) is 16.8. The number of halogens is 1. The van der Waals surface area contributed by atoms with Gasteiger partial charge in [0.1, 0.15) is 17.9 Å². The third-order valence-electron chi connectivity index (χ3n) is 7.58. The Balaban J connectivity index is 1.51. The van der Waals surface area contributed by atoms with Gasteiger partial charge in [0.2, 0.25) is 0 Å².